The number of carboxylic acid groups (broad SMARTS) is 1. The first-order valence-corrected chi connectivity index (χ1v) is 5.92. The summed E-state index contributed by atoms with van der Waals surface area (Å²) in [6.45, 7) is 0.949. The second-order valence-corrected chi connectivity index (χ2v) is 4.35. The van der Waals surface area contributed by atoms with Gasteiger partial charge in [-0.25, -0.2) is 4.79 Å². The molecule has 0 atom stereocenters. The predicted molar refractivity (Wildman–Crippen MR) is 69.7 cm³/mol. The van der Waals surface area contributed by atoms with Crippen LogP contribution in [0.1, 0.15) is 22.5 Å². The first kappa shape index (κ1) is 13.1. The number of benzene rings is 1. The van der Waals surface area contributed by atoms with E-state index in [9.17, 15) is 9.90 Å². The topological polar surface area (TPSA) is 77.5 Å². The highest BCUT2D eigenvalue weighted by molar-refractivity contribution is 6.03. The average Bonchev–Trinajstić information content (AvgIpc) is 2.74. The molecule has 5 heteroatoms. The van der Waals surface area contributed by atoms with Crippen LogP contribution in [0.2, 0.25) is 0 Å². The number of aromatic carboxylic acids is 1. The molecule has 0 aliphatic rings. The van der Waals surface area contributed by atoms with E-state index in [2.05, 4.69) is 6.07 Å². The molecule has 1 heterocycles. The van der Waals surface area contributed by atoms with E-state index in [4.69, 9.17) is 9.68 Å². The van der Waals surface area contributed by atoms with Gasteiger partial charge in [-0.15, -0.1) is 0 Å². The van der Waals surface area contributed by atoms with Crippen molar-refractivity contribution >= 4 is 16.9 Å². The molecule has 19 heavy (non-hydrogen) atoms. The zero-order valence-corrected chi connectivity index (χ0v) is 10.6. The molecule has 0 aliphatic heterocycles. The smallest absolute Gasteiger partial charge is 0.339 e. The Morgan fingerprint density at radius 3 is 2.89 bits per heavy atom. The monoisotopic (exact) mass is 258 g/mol. The molecule has 0 bridgehead atoms. The Labute approximate surface area is 110 Å². The van der Waals surface area contributed by atoms with Gasteiger partial charge in [-0.3, -0.25) is 4.90 Å². The van der Waals surface area contributed by atoms with Gasteiger partial charge in [0.2, 0.25) is 0 Å². The van der Waals surface area contributed by atoms with E-state index in [1.54, 1.807) is 24.3 Å². The van der Waals surface area contributed by atoms with E-state index in [1.165, 1.54) is 0 Å². The van der Waals surface area contributed by atoms with E-state index in [0.29, 0.717) is 36.2 Å². The Morgan fingerprint density at radius 2 is 2.21 bits per heavy atom. The van der Waals surface area contributed by atoms with Crippen LogP contribution in [0.3, 0.4) is 0 Å². The molecule has 0 aliphatic carbocycles. The number of hydrogen-bond donors (Lipinski definition) is 1. The first-order valence-electron chi connectivity index (χ1n) is 5.92. The summed E-state index contributed by atoms with van der Waals surface area (Å²) >= 11 is 0. The van der Waals surface area contributed by atoms with Crippen molar-refractivity contribution < 1.29 is 14.3 Å². The lowest BCUT2D eigenvalue weighted by Crippen LogP contribution is -2.19. The van der Waals surface area contributed by atoms with Crippen molar-refractivity contribution in [3.63, 3.8) is 0 Å². The summed E-state index contributed by atoms with van der Waals surface area (Å²) in [5.41, 5.74) is 0.781. The minimum Gasteiger partial charge on any atom is -0.478 e. The second-order valence-electron chi connectivity index (χ2n) is 4.35. The largest absolute Gasteiger partial charge is 0.478 e. The molecule has 0 amide bonds. The molecule has 2 rings (SSSR count). The molecule has 5 nitrogen and oxygen atoms in total. The van der Waals surface area contributed by atoms with Crippen molar-refractivity contribution in [1.82, 2.24) is 4.90 Å². The third kappa shape index (κ3) is 2.75. The lowest BCUT2D eigenvalue weighted by Gasteiger charge is -2.13. The molecule has 0 radical (unpaired) electrons. The number of rotatable bonds is 5. The van der Waals surface area contributed by atoms with Gasteiger partial charge >= 0.3 is 5.97 Å². The molecule has 1 aromatic heterocycles. The number of hydrogen-bond acceptors (Lipinski definition) is 4. The maximum atomic E-state index is 11.4. The van der Waals surface area contributed by atoms with Crippen LogP contribution in [0.25, 0.3) is 11.0 Å². The summed E-state index contributed by atoms with van der Waals surface area (Å²) in [5, 5.41) is 18.5. The Hall–Kier alpha value is -2.32. The fourth-order valence-corrected chi connectivity index (χ4v) is 2.01. The summed E-state index contributed by atoms with van der Waals surface area (Å²) < 4.78 is 5.61. The van der Waals surface area contributed by atoms with E-state index in [-0.39, 0.29) is 5.56 Å². The molecular weight excluding hydrogens is 244 g/mol. The van der Waals surface area contributed by atoms with Gasteiger partial charge in [0.25, 0.3) is 0 Å². The summed E-state index contributed by atoms with van der Waals surface area (Å²) in [4.78, 5) is 13.2. The van der Waals surface area contributed by atoms with E-state index < -0.39 is 5.97 Å². The fourth-order valence-electron chi connectivity index (χ4n) is 2.01. The number of nitrogens with zero attached hydrogens (tertiary/aromatic N) is 2. The molecule has 0 saturated heterocycles. The van der Waals surface area contributed by atoms with Crippen LogP contribution < -0.4 is 0 Å². The Bertz CT molecular complexity index is 640. The quantitative estimate of drug-likeness (QED) is 0.891. The van der Waals surface area contributed by atoms with Crippen molar-refractivity contribution in [2.24, 2.45) is 0 Å². The zero-order valence-electron chi connectivity index (χ0n) is 10.6. The van der Waals surface area contributed by atoms with Gasteiger partial charge in [0.15, 0.2) is 0 Å². The van der Waals surface area contributed by atoms with Gasteiger partial charge in [-0.2, -0.15) is 5.26 Å². The number of fused-ring (bicyclic) bond motifs is 1. The van der Waals surface area contributed by atoms with Crippen LogP contribution >= 0.6 is 0 Å². The van der Waals surface area contributed by atoms with Gasteiger partial charge < -0.3 is 9.52 Å². The highest BCUT2D eigenvalue weighted by atomic mass is 16.4. The van der Waals surface area contributed by atoms with Crippen LogP contribution in [-0.2, 0) is 6.54 Å². The summed E-state index contributed by atoms with van der Waals surface area (Å²) in [5.74, 6) is -0.567. The van der Waals surface area contributed by atoms with Crippen molar-refractivity contribution in [3.05, 3.63) is 35.6 Å². The summed E-state index contributed by atoms with van der Waals surface area (Å²) in [7, 11) is 1.83. The predicted octanol–water partition coefficient (Wildman–Crippen LogP) is 2.48. The van der Waals surface area contributed by atoms with Crippen molar-refractivity contribution in [1.29, 1.82) is 5.26 Å². The molecule has 1 N–H and O–H groups in total. The summed E-state index contributed by atoms with van der Waals surface area (Å²) in [6.07, 6.45) is 0.402. The van der Waals surface area contributed by atoms with Gasteiger partial charge in [0.1, 0.15) is 16.9 Å². The van der Waals surface area contributed by atoms with Crippen LogP contribution in [0.5, 0.6) is 0 Å². The third-order valence-electron chi connectivity index (χ3n) is 2.90. The fraction of sp³-hybridized carbons (Fsp3) is 0.286. The molecular formula is C14H14N2O3. The van der Waals surface area contributed by atoms with E-state index in [1.807, 2.05) is 11.9 Å². The van der Waals surface area contributed by atoms with E-state index >= 15 is 0 Å². The molecule has 0 unspecified atom stereocenters. The average molecular weight is 258 g/mol. The van der Waals surface area contributed by atoms with Crippen LogP contribution in [0, 0.1) is 11.3 Å². The first-order chi connectivity index (χ1) is 9.13. The molecule has 0 fully saturated rings. The zero-order chi connectivity index (χ0) is 13.8. The SMILES string of the molecule is CN(CCC#N)Cc1oc2ccccc2c1C(=O)O. The number of carbonyl (C=O) groups is 1. The Balaban J connectivity index is 2.34. The summed E-state index contributed by atoms with van der Waals surface area (Å²) in [6, 6.07) is 9.14. The van der Waals surface area contributed by atoms with Crippen LogP contribution in [-0.4, -0.2) is 29.6 Å². The van der Waals surface area contributed by atoms with Crippen molar-refractivity contribution in [2.75, 3.05) is 13.6 Å². The minimum atomic E-state index is -0.992. The van der Waals surface area contributed by atoms with E-state index in [0.717, 1.165) is 0 Å². The van der Waals surface area contributed by atoms with Crippen molar-refractivity contribution in [3.8, 4) is 6.07 Å². The minimum absolute atomic E-state index is 0.208. The van der Waals surface area contributed by atoms with Gasteiger partial charge in [0, 0.05) is 18.4 Å². The Morgan fingerprint density at radius 1 is 1.47 bits per heavy atom. The van der Waals surface area contributed by atoms with Gasteiger partial charge in [0.05, 0.1) is 12.6 Å². The number of carboxylic acids is 1. The van der Waals surface area contributed by atoms with Crippen LogP contribution in [0.4, 0.5) is 0 Å². The second kappa shape index (κ2) is 5.55. The highest BCUT2D eigenvalue weighted by Gasteiger charge is 2.20. The molecule has 0 saturated carbocycles. The maximum absolute atomic E-state index is 11.4. The number of para-hydroxylation sites is 1. The molecule has 0 spiro atoms. The third-order valence-corrected chi connectivity index (χ3v) is 2.90. The lowest BCUT2D eigenvalue weighted by molar-refractivity contribution is 0.0695. The molecule has 98 valence electrons. The normalized spacial score (nSPS) is 10.8. The number of nitriles is 1. The standard InChI is InChI=1S/C14H14N2O3/c1-16(8-4-7-15)9-12-13(14(17)18)10-5-2-3-6-11(10)19-12/h2-3,5-6H,4,8-9H2,1H3,(H,17,18). The lowest BCUT2D eigenvalue weighted by atomic mass is 10.1. The Kier molecular flexibility index (Phi) is 3.83. The molecule has 2 aromatic rings. The van der Waals surface area contributed by atoms with Crippen molar-refractivity contribution in [2.45, 2.75) is 13.0 Å². The highest BCUT2D eigenvalue weighted by Crippen LogP contribution is 2.26. The van der Waals surface area contributed by atoms with Gasteiger partial charge in [-0.1, -0.05) is 18.2 Å². The van der Waals surface area contributed by atoms with Crippen LogP contribution in [0.15, 0.2) is 28.7 Å². The van der Waals surface area contributed by atoms with Gasteiger partial charge in [-0.05, 0) is 13.1 Å². The maximum Gasteiger partial charge on any atom is 0.339 e. The molecule has 1 aromatic carbocycles. The number of furan rings is 1.